The zero-order valence-corrected chi connectivity index (χ0v) is 26.9. The molecule has 3 rings (SSSR count). The van der Waals surface area contributed by atoms with Crippen LogP contribution in [0.4, 0.5) is 27.5 Å². The first kappa shape index (κ1) is 36.1. The molecule has 0 saturated carbocycles. The molecule has 252 valence electrons. The van der Waals surface area contributed by atoms with E-state index in [1.807, 2.05) is 0 Å². The lowest BCUT2D eigenvalue weighted by molar-refractivity contribution is -0.151. The fourth-order valence-corrected chi connectivity index (χ4v) is 4.53. The highest BCUT2D eigenvalue weighted by Gasteiger charge is 2.48. The van der Waals surface area contributed by atoms with Gasteiger partial charge in [-0.15, -0.1) is 0 Å². The van der Waals surface area contributed by atoms with Crippen molar-refractivity contribution in [3.63, 3.8) is 0 Å². The van der Waals surface area contributed by atoms with Crippen molar-refractivity contribution in [2.45, 2.75) is 65.0 Å². The maximum absolute atomic E-state index is 13.0. The van der Waals surface area contributed by atoms with Crippen LogP contribution >= 0.6 is 0 Å². The molecule has 2 atom stereocenters. The number of nitrogen functional groups attached to an aromatic ring is 1. The molecule has 1 saturated heterocycles. The summed E-state index contributed by atoms with van der Waals surface area (Å²) in [5.41, 5.74) is 7.11. The summed E-state index contributed by atoms with van der Waals surface area (Å²) in [6.07, 6.45) is -0.356. The number of anilines is 2. The molecule has 0 radical (unpaired) electrons. The van der Waals surface area contributed by atoms with Crippen LogP contribution in [0.15, 0.2) is 58.8 Å². The molecule has 1 aliphatic heterocycles. The second kappa shape index (κ2) is 16.8. The molecule has 0 aromatic heterocycles. The van der Waals surface area contributed by atoms with Crippen LogP contribution in [0.5, 0.6) is 0 Å². The zero-order chi connectivity index (χ0) is 34.6. The van der Waals surface area contributed by atoms with Gasteiger partial charge in [-0.3, -0.25) is 19.2 Å². The van der Waals surface area contributed by atoms with Gasteiger partial charge < -0.3 is 31.2 Å². The number of hydrogen-bond acceptors (Lipinski definition) is 11. The fourth-order valence-electron chi connectivity index (χ4n) is 4.53. The summed E-state index contributed by atoms with van der Waals surface area (Å²) in [5.74, 6) is -3.41. The highest BCUT2D eigenvalue weighted by Crippen LogP contribution is 2.31. The molecule has 1 fully saturated rings. The maximum Gasteiger partial charge on any atom is 0.417 e. The van der Waals surface area contributed by atoms with Gasteiger partial charge in [-0.2, -0.15) is 10.2 Å². The maximum atomic E-state index is 13.0. The molecule has 47 heavy (non-hydrogen) atoms. The van der Waals surface area contributed by atoms with E-state index in [0.29, 0.717) is 22.7 Å². The lowest BCUT2D eigenvalue weighted by Crippen LogP contribution is -2.46. The monoisotopic (exact) mass is 651 g/mol. The summed E-state index contributed by atoms with van der Waals surface area (Å²) < 4.78 is 10.4. The van der Waals surface area contributed by atoms with E-state index in [1.165, 1.54) is 0 Å². The number of rotatable bonds is 13. The molecule has 0 bridgehead atoms. The van der Waals surface area contributed by atoms with Gasteiger partial charge in [0.15, 0.2) is 0 Å². The Morgan fingerprint density at radius 1 is 0.894 bits per heavy atom. The number of benzene rings is 2. The Bertz CT molecular complexity index is 1470. The number of azo groups is 1. The lowest BCUT2D eigenvalue weighted by Gasteiger charge is -2.26. The molecule has 1 heterocycles. The Labute approximate surface area is 272 Å². The van der Waals surface area contributed by atoms with Crippen molar-refractivity contribution < 1.29 is 38.2 Å². The van der Waals surface area contributed by atoms with E-state index in [-0.39, 0.29) is 45.4 Å². The molecule has 1 aliphatic rings. The number of ether oxygens (including phenoxy) is 2. The molecule has 0 aliphatic carbocycles. The molecule has 2 aromatic carbocycles. The highest BCUT2D eigenvalue weighted by atomic mass is 16.6. The second-order valence-corrected chi connectivity index (χ2v) is 11.7. The van der Waals surface area contributed by atoms with Crippen LogP contribution in [-0.4, -0.2) is 71.9 Å². The van der Waals surface area contributed by atoms with Crippen LogP contribution in [0.2, 0.25) is 0 Å². The Hall–Kier alpha value is -5.34. The van der Waals surface area contributed by atoms with E-state index >= 15 is 0 Å². The van der Waals surface area contributed by atoms with Gasteiger partial charge in [-0.1, -0.05) is 0 Å². The van der Waals surface area contributed by atoms with Gasteiger partial charge in [0.25, 0.3) is 0 Å². The molecule has 2 aromatic rings. The smallest absolute Gasteiger partial charge is 0.417 e. The largest absolute Gasteiger partial charge is 0.464 e. The Balaban J connectivity index is 1.36. The van der Waals surface area contributed by atoms with Crippen LogP contribution in [0.3, 0.4) is 0 Å². The van der Waals surface area contributed by atoms with Crippen molar-refractivity contribution in [2.75, 3.05) is 30.7 Å². The first-order valence-electron chi connectivity index (χ1n) is 15.2. The van der Waals surface area contributed by atoms with Gasteiger partial charge in [0.1, 0.15) is 11.6 Å². The topological polar surface area (TPSA) is 211 Å². The molecule has 1 unspecified atom stereocenters. The number of amides is 5. The average Bonchev–Trinajstić information content (AvgIpc) is 3.34. The first-order valence-corrected chi connectivity index (χ1v) is 15.2. The normalized spacial score (nSPS) is 16.1. The minimum absolute atomic E-state index is 0.00357. The molecule has 15 nitrogen and oxygen atoms in total. The number of hydrogen-bond donors (Lipinski definition) is 4. The Morgan fingerprint density at radius 3 is 2.06 bits per heavy atom. The van der Waals surface area contributed by atoms with Crippen molar-refractivity contribution in [3.8, 4) is 0 Å². The predicted octanol–water partition coefficient (Wildman–Crippen LogP) is 3.74. The third-order valence-corrected chi connectivity index (χ3v) is 6.73. The zero-order valence-electron chi connectivity index (χ0n) is 26.9. The number of nitrogens with one attached hydrogen (secondary N) is 3. The molecule has 15 heteroatoms. The summed E-state index contributed by atoms with van der Waals surface area (Å²) >= 11 is 0. The summed E-state index contributed by atoms with van der Waals surface area (Å²) in [5, 5.41) is 15.8. The van der Waals surface area contributed by atoms with Crippen molar-refractivity contribution in [3.05, 3.63) is 48.5 Å². The van der Waals surface area contributed by atoms with Gasteiger partial charge in [-0.05, 0) is 95.5 Å². The predicted molar refractivity (Wildman–Crippen MR) is 172 cm³/mol. The summed E-state index contributed by atoms with van der Waals surface area (Å²) in [4.78, 5) is 75.7. The highest BCUT2D eigenvalue weighted by molar-refractivity contribution is 6.00. The summed E-state index contributed by atoms with van der Waals surface area (Å²) in [6, 6.07) is 12.4. The van der Waals surface area contributed by atoms with E-state index in [0.717, 1.165) is 4.90 Å². The van der Waals surface area contributed by atoms with Crippen molar-refractivity contribution >= 4 is 58.4 Å². The third-order valence-electron chi connectivity index (χ3n) is 6.73. The second-order valence-electron chi connectivity index (χ2n) is 11.7. The minimum atomic E-state index is -1.10. The quantitative estimate of drug-likeness (QED) is 0.141. The van der Waals surface area contributed by atoms with Crippen LogP contribution in [0, 0.1) is 5.92 Å². The van der Waals surface area contributed by atoms with Crippen LogP contribution in [0.25, 0.3) is 0 Å². The summed E-state index contributed by atoms with van der Waals surface area (Å²) in [6.45, 7) is 6.00. The van der Waals surface area contributed by atoms with E-state index in [9.17, 15) is 28.8 Å². The number of likely N-dealkylation sites (tertiary alicyclic amines) is 1. The molecule has 0 spiro atoms. The number of imide groups is 1. The molecule has 5 N–H and O–H groups in total. The van der Waals surface area contributed by atoms with Gasteiger partial charge in [-0.25, -0.2) is 14.5 Å². The molecular formula is C32H41N7O8. The molecule has 5 amide bonds. The lowest BCUT2D eigenvalue weighted by atomic mass is 9.98. The number of esters is 1. The first-order chi connectivity index (χ1) is 22.3. The standard InChI is InChI=1S/C32H41N7O8/c1-5-46-30(44)25-17-20(29(43)39(25)31(45)47-32(2,3)4)7-6-8-26(40)34-18-27(41)35-19-28(42)36-22-13-15-24(16-14-22)38-37-23-11-9-21(33)10-12-23/h9-16,20,25H,5-8,17-19,33H2,1-4H3,(H,34,40)(H,35,41)(H,36,42)/b38-37+/t20-,25?/m1/s1. The number of nitrogens with two attached hydrogens (primary N) is 1. The SMILES string of the molecule is CCOC(=O)C1C[C@@H](CCCC(=O)NCC(=O)NCC(=O)Nc2ccc(/N=N/c3ccc(N)cc3)cc2)C(=O)N1C(=O)OC(C)(C)C. The Kier molecular flexibility index (Phi) is 12.9. The van der Waals surface area contributed by atoms with Crippen molar-refractivity contribution in [1.82, 2.24) is 15.5 Å². The van der Waals surface area contributed by atoms with Crippen LogP contribution < -0.4 is 21.7 Å². The van der Waals surface area contributed by atoms with Gasteiger partial charge in [0.2, 0.25) is 23.6 Å². The van der Waals surface area contributed by atoms with E-state index in [2.05, 4.69) is 26.2 Å². The average molecular weight is 652 g/mol. The number of carbonyl (C=O) groups excluding carboxylic acids is 6. The summed E-state index contributed by atoms with van der Waals surface area (Å²) in [7, 11) is 0. The van der Waals surface area contributed by atoms with E-state index in [1.54, 1.807) is 76.2 Å². The van der Waals surface area contributed by atoms with Gasteiger partial charge in [0, 0.05) is 23.7 Å². The van der Waals surface area contributed by atoms with Crippen LogP contribution in [0.1, 0.15) is 53.4 Å². The van der Waals surface area contributed by atoms with Gasteiger partial charge in [0.05, 0.1) is 31.1 Å². The van der Waals surface area contributed by atoms with E-state index < -0.39 is 53.3 Å². The Morgan fingerprint density at radius 2 is 1.47 bits per heavy atom. The number of carbonyl (C=O) groups is 6. The van der Waals surface area contributed by atoms with Crippen molar-refractivity contribution in [1.29, 1.82) is 0 Å². The minimum Gasteiger partial charge on any atom is -0.464 e. The van der Waals surface area contributed by atoms with Gasteiger partial charge >= 0.3 is 12.1 Å². The number of nitrogens with zero attached hydrogens (tertiary/aromatic N) is 3. The molecular weight excluding hydrogens is 610 g/mol. The van der Waals surface area contributed by atoms with Crippen molar-refractivity contribution in [2.24, 2.45) is 16.1 Å². The van der Waals surface area contributed by atoms with E-state index in [4.69, 9.17) is 15.2 Å². The third kappa shape index (κ3) is 11.8. The fraction of sp³-hybridized carbons (Fsp3) is 0.438. The van der Waals surface area contributed by atoms with Crippen LogP contribution in [-0.2, 0) is 33.4 Å².